The quantitative estimate of drug-likeness (QED) is 0.869. The number of hydrogen-bond acceptors (Lipinski definition) is 3. The maximum atomic E-state index is 11.6. The van der Waals surface area contributed by atoms with Gasteiger partial charge in [-0.05, 0) is 45.2 Å². The van der Waals surface area contributed by atoms with Crippen LogP contribution in [0.25, 0.3) is 0 Å². The minimum absolute atomic E-state index is 0.127. The van der Waals surface area contributed by atoms with Crippen molar-refractivity contribution in [3.8, 4) is 0 Å². The van der Waals surface area contributed by atoms with E-state index in [-0.39, 0.29) is 12.0 Å². The van der Waals surface area contributed by atoms with Crippen molar-refractivity contribution in [1.82, 2.24) is 4.90 Å². The summed E-state index contributed by atoms with van der Waals surface area (Å²) >= 11 is 0. The Morgan fingerprint density at radius 1 is 1.48 bits per heavy atom. The van der Waals surface area contributed by atoms with E-state index in [9.17, 15) is 9.90 Å². The average Bonchev–Trinajstić information content (AvgIpc) is 2.84. The van der Waals surface area contributed by atoms with E-state index in [0.717, 1.165) is 37.1 Å². The van der Waals surface area contributed by atoms with Crippen molar-refractivity contribution in [3.05, 3.63) is 23.7 Å². The van der Waals surface area contributed by atoms with Crippen LogP contribution >= 0.6 is 0 Å². The zero-order chi connectivity index (χ0) is 15.4. The fraction of sp³-hybridized carbons (Fsp3) is 0.706. The van der Waals surface area contributed by atoms with Crippen LogP contribution in [0.4, 0.5) is 0 Å². The van der Waals surface area contributed by atoms with Gasteiger partial charge in [-0.15, -0.1) is 0 Å². The van der Waals surface area contributed by atoms with E-state index >= 15 is 0 Å². The lowest BCUT2D eigenvalue weighted by Gasteiger charge is -2.39. The molecule has 1 saturated carbocycles. The van der Waals surface area contributed by atoms with E-state index in [1.165, 1.54) is 12.8 Å². The lowest BCUT2D eigenvalue weighted by Crippen LogP contribution is -2.45. The Hall–Kier alpha value is -1.29. The Balaban J connectivity index is 2.07. The van der Waals surface area contributed by atoms with E-state index in [0.29, 0.717) is 5.92 Å². The maximum absolute atomic E-state index is 11.6. The number of aliphatic carboxylic acids is 1. The monoisotopic (exact) mass is 293 g/mol. The molecule has 0 bridgehead atoms. The first-order chi connectivity index (χ1) is 10.0. The molecule has 0 amide bonds. The molecule has 4 heteroatoms. The van der Waals surface area contributed by atoms with Crippen molar-refractivity contribution in [2.75, 3.05) is 7.05 Å². The summed E-state index contributed by atoms with van der Waals surface area (Å²) in [6.07, 6.45) is 6.95. The first-order valence-corrected chi connectivity index (χ1v) is 7.99. The SMILES string of the molecule is CCCC1CCC(C(=O)O)C(N(C)Cc2ccoc2C)C1. The lowest BCUT2D eigenvalue weighted by atomic mass is 9.76. The van der Waals surface area contributed by atoms with Gasteiger partial charge in [-0.1, -0.05) is 19.8 Å². The molecule has 1 aromatic heterocycles. The molecule has 0 saturated heterocycles. The highest BCUT2D eigenvalue weighted by Crippen LogP contribution is 2.35. The summed E-state index contributed by atoms with van der Waals surface area (Å²) in [5.74, 6) is 0.708. The summed E-state index contributed by atoms with van der Waals surface area (Å²) in [6.45, 7) is 4.92. The Bertz CT molecular complexity index is 468. The van der Waals surface area contributed by atoms with Crippen LogP contribution in [0.1, 0.15) is 50.4 Å². The Labute approximate surface area is 127 Å². The van der Waals surface area contributed by atoms with Crippen LogP contribution in [0.2, 0.25) is 0 Å². The normalized spacial score (nSPS) is 26.2. The number of hydrogen-bond donors (Lipinski definition) is 1. The molecule has 1 N–H and O–H groups in total. The second-order valence-corrected chi connectivity index (χ2v) is 6.40. The zero-order valence-electron chi connectivity index (χ0n) is 13.3. The van der Waals surface area contributed by atoms with Crippen LogP contribution in [0.3, 0.4) is 0 Å². The molecule has 0 aliphatic heterocycles. The van der Waals surface area contributed by atoms with Gasteiger partial charge >= 0.3 is 5.97 Å². The van der Waals surface area contributed by atoms with Crippen molar-refractivity contribution < 1.29 is 14.3 Å². The molecule has 2 rings (SSSR count). The Morgan fingerprint density at radius 3 is 2.81 bits per heavy atom. The van der Waals surface area contributed by atoms with Gasteiger partial charge < -0.3 is 9.52 Å². The lowest BCUT2D eigenvalue weighted by molar-refractivity contribution is -0.146. The molecule has 3 unspecified atom stereocenters. The maximum Gasteiger partial charge on any atom is 0.308 e. The van der Waals surface area contributed by atoms with Crippen LogP contribution in [0, 0.1) is 18.8 Å². The summed E-state index contributed by atoms with van der Waals surface area (Å²) in [4.78, 5) is 13.8. The highest BCUT2D eigenvalue weighted by molar-refractivity contribution is 5.71. The van der Waals surface area contributed by atoms with Gasteiger partial charge in [0.1, 0.15) is 5.76 Å². The minimum atomic E-state index is -0.647. The molecule has 1 heterocycles. The van der Waals surface area contributed by atoms with Gasteiger partial charge in [0.05, 0.1) is 12.2 Å². The third-order valence-corrected chi connectivity index (χ3v) is 4.89. The fourth-order valence-electron chi connectivity index (χ4n) is 3.64. The molecular weight excluding hydrogens is 266 g/mol. The summed E-state index contributed by atoms with van der Waals surface area (Å²) in [6, 6.07) is 2.11. The number of rotatable bonds is 6. The Kier molecular flexibility index (Phi) is 5.45. The number of carbonyl (C=O) groups is 1. The molecule has 4 nitrogen and oxygen atoms in total. The highest BCUT2D eigenvalue weighted by atomic mass is 16.4. The summed E-state index contributed by atoms with van der Waals surface area (Å²) in [7, 11) is 2.04. The van der Waals surface area contributed by atoms with E-state index in [4.69, 9.17) is 4.42 Å². The van der Waals surface area contributed by atoms with Crippen molar-refractivity contribution in [1.29, 1.82) is 0 Å². The van der Waals surface area contributed by atoms with E-state index in [1.807, 2.05) is 20.0 Å². The molecule has 3 atom stereocenters. The number of carboxylic acid groups (broad SMARTS) is 1. The molecule has 1 aromatic rings. The van der Waals surface area contributed by atoms with Crippen LogP contribution in [-0.2, 0) is 11.3 Å². The fourth-order valence-corrected chi connectivity index (χ4v) is 3.64. The number of nitrogens with zero attached hydrogens (tertiary/aromatic N) is 1. The summed E-state index contributed by atoms with van der Waals surface area (Å²) < 4.78 is 5.34. The molecule has 1 aliphatic rings. The third-order valence-electron chi connectivity index (χ3n) is 4.89. The molecular formula is C17H27NO3. The summed E-state index contributed by atoms with van der Waals surface area (Å²) in [5.41, 5.74) is 1.15. The predicted molar refractivity (Wildman–Crippen MR) is 82.1 cm³/mol. The zero-order valence-corrected chi connectivity index (χ0v) is 13.3. The smallest absolute Gasteiger partial charge is 0.308 e. The van der Waals surface area contributed by atoms with Gasteiger partial charge in [-0.2, -0.15) is 0 Å². The number of aryl methyl sites for hydroxylation is 1. The molecule has 118 valence electrons. The van der Waals surface area contributed by atoms with E-state index < -0.39 is 5.97 Å². The molecule has 21 heavy (non-hydrogen) atoms. The predicted octanol–water partition coefficient (Wildman–Crippen LogP) is 3.69. The molecule has 0 radical (unpaired) electrons. The largest absolute Gasteiger partial charge is 0.481 e. The van der Waals surface area contributed by atoms with Gasteiger partial charge in [-0.3, -0.25) is 9.69 Å². The van der Waals surface area contributed by atoms with Gasteiger partial charge in [0.25, 0.3) is 0 Å². The third kappa shape index (κ3) is 3.88. The van der Waals surface area contributed by atoms with Gasteiger partial charge in [0.2, 0.25) is 0 Å². The van der Waals surface area contributed by atoms with Crippen LogP contribution < -0.4 is 0 Å². The van der Waals surface area contributed by atoms with E-state index in [1.54, 1.807) is 6.26 Å². The highest BCUT2D eigenvalue weighted by Gasteiger charge is 2.37. The van der Waals surface area contributed by atoms with Crippen molar-refractivity contribution >= 4 is 5.97 Å². The number of furan rings is 1. The first kappa shape index (κ1) is 16.1. The van der Waals surface area contributed by atoms with Crippen LogP contribution in [0.15, 0.2) is 16.7 Å². The van der Waals surface area contributed by atoms with Crippen molar-refractivity contribution in [2.24, 2.45) is 11.8 Å². The number of carboxylic acids is 1. The molecule has 0 spiro atoms. The Morgan fingerprint density at radius 2 is 2.24 bits per heavy atom. The van der Waals surface area contributed by atoms with Gasteiger partial charge in [0, 0.05) is 18.2 Å². The van der Waals surface area contributed by atoms with E-state index in [2.05, 4.69) is 11.8 Å². The molecule has 1 fully saturated rings. The van der Waals surface area contributed by atoms with Crippen molar-refractivity contribution in [3.63, 3.8) is 0 Å². The first-order valence-electron chi connectivity index (χ1n) is 7.99. The summed E-state index contributed by atoms with van der Waals surface area (Å²) in [5, 5.41) is 9.51. The molecule has 0 aromatic carbocycles. The van der Waals surface area contributed by atoms with Crippen LogP contribution in [0.5, 0.6) is 0 Å². The minimum Gasteiger partial charge on any atom is -0.481 e. The standard InChI is InChI=1S/C17H27NO3/c1-4-5-13-6-7-15(17(19)20)16(10-13)18(3)11-14-8-9-21-12(14)2/h8-9,13,15-16H,4-7,10-11H2,1-3H3,(H,19,20). The van der Waals surface area contributed by atoms with Gasteiger partial charge in [0.15, 0.2) is 0 Å². The second-order valence-electron chi connectivity index (χ2n) is 6.40. The van der Waals surface area contributed by atoms with Crippen molar-refractivity contribution in [2.45, 2.75) is 58.5 Å². The second kappa shape index (κ2) is 7.12. The topological polar surface area (TPSA) is 53.7 Å². The average molecular weight is 293 g/mol. The van der Waals surface area contributed by atoms with Crippen LogP contribution in [-0.4, -0.2) is 29.1 Å². The van der Waals surface area contributed by atoms with Gasteiger partial charge in [-0.25, -0.2) is 0 Å². The molecule has 1 aliphatic carbocycles.